The highest BCUT2D eigenvalue weighted by Crippen LogP contribution is 2.31. The van der Waals surface area contributed by atoms with Crippen LogP contribution in [0.15, 0.2) is 5.38 Å². The fourth-order valence-corrected chi connectivity index (χ4v) is 3.45. The van der Waals surface area contributed by atoms with Crippen LogP contribution in [0, 0.1) is 12.3 Å². The van der Waals surface area contributed by atoms with E-state index < -0.39 is 0 Å². The van der Waals surface area contributed by atoms with E-state index in [1.54, 1.807) is 11.3 Å². The van der Waals surface area contributed by atoms with Gasteiger partial charge in [0.05, 0.1) is 5.01 Å². The molecule has 3 nitrogen and oxygen atoms in total. The molecule has 0 saturated carbocycles. The molecule has 1 aliphatic rings. The molecule has 0 aliphatic carbocycles. The van der Waals surface area contributed by atoms with Gasteiger partial charge in [-0.2, -0.15) is 0 Å². The molecule has 1 aromatic heterocycles. The summed E-state index contributed by atoms with van der Waals surface area (Å²) < 4.78 is 0. The summed E-state index contributed by atoms with van der Waals surface area (Å²) in [6.07, 6.45) is 4.98. The lowest BCUT2D eigenvalue weighted by Gasteiger charge is -2.37. The van der Waals surface area contributed by atoms with Crippen molar-refractivity contribution in [2.45, 2.75) is 39.5 Å². The lowest BCUT2D eigenvalue weighted by Crippen LogP contribution is -2.43. The van der Waals surface area contributed by atoms with Crippen molar-refractivity contribution in [1.29, 1.82) is 0 Å². The van der Waals surface area contributed by atoms with Crippen molar-refractivity contribution >= 4 is 11.3 Å². The van der Waals surface area contributed by atoms with Crippen molar-refractivity contribution in [3.05, 3.63) is 16.1 Å². The van der Waals surface area contributed by atoms with E-state index >= 15 is 0 Å². The number of nitrogens with one attached hydrogen (secondary N) is 2. The van der Waals surface area contributed by atoms with Crippen molar-refractivity contribution in [1.82, 2.24) is 15.6 Å². The first kappa shape index (κ1) is 14.0. The minimum atomic E-state index is 0.532. The van der Waals surface area contributed by atoms with Crippen LogP contribution in [0.1, 0.15) is 36.9 Å². The molecule has 102 valence electrons. The molecule has 1 fully saturated rings. The Hall–Kier alpha value is -0.450. The number of hydrogen-bond acceptors (Lipinski definition) is 4. The Bertz CT molecular complexity index is 356. The molecule has 1 aromatic rings. The van der Waals surface area contributed by atoms with Crippen LogP contribution in [0.2, 0.25) is 0 Å². The summed E-state index contributed by atoms with van der Waals surface area (Å²) >= 11 is 1.78. The van der Waals surface area contributed by atoms with Gasteiger partial charge in [0.25, 0.3) is 0 Å². The van der Waals surface area contributed by atoms with Gasteiger partial charge >= 0.3 is 0 Å². The zero-order valence-corrected chi connectivity index (χ0v) is 12.4. The molecule has 1 saturated heterocycles. The number of nitrogens with zero attached hydrogens (tertiary/aromatic N) is 1. The van der Waals surface area contributed by atoms with Gasteiger partial charge in [0.1, 0.15) is 0 Å². The highest BCUT2D eigenvalue weighted by molar-refractivity contribution is 7.09. The van der Waals surface area contributed by atoms with Crippen LogP contribution in [-0.2, 0) is 6.42 Å². The van der Waals surface area contributed by atoms with Gasteiger partial charge in [0.2, 0.25) is 0 Å². The van der Waals surface area contributed by atoms with E-state index in [1.165, 1.54) is 37.4 Å². The first-order valence-electron chi connectivity index (χ1n) is 7.06. The average molecular weight is 267 g/mol. The van der Waals surface area contributed by atoms with Gasteiger partial charge in [-0.15, -0.1) is 11.3 Å². The third-order valence-corrected chi connectivity index (χ3v) is 5.12. The lowest BCUT2D eigenvalue weighted by atomic mass is 9.76. The van der Waals surface area contributed by atoms with Gasteiger partial charge in [0, 0.05) is 30.6 Å². The molecule has 0 radical (unpaired) electrons. The Morgan fingerprint density at radius 2 is 2.22 bits per heavy atom. The van der Waals surface area contributed by atoms with Crippen LogP contribution in [0.5, 0.6) is 0 Å². The number of rotatable bonds is 6. The number of aryl methyl sites for hydroxylation is 1. The van der Waals surface area contributed by atoms with E-state index in [9.17, 15) is 0 Å². The molecular weight excluding hydrogens is 242 g/mol. The minimum Gasteiger partial charge on any atom is -0.317 e. The molecule has 2 N–H and O–H groups in total. The molecule has 0 amide bonds. The van der Waals surface area contributed by atoms with Gasteiger partial charge in [-0.3, -0.25) is 0 Å². The van der Waals surface area contributed by atoms with E-state index in [-0.39, 0.29) is 0 Å². The van der Waals surface area contributed by atoms with Crippen LogP contribution in [0.25, 0.3) is 0 Å². The van der Waals surface area contributed by atoms with Gasteiger partial charge in [-0.25, -0.2) is 4.98 Å². The van der Waals surface area contributed by atoms with Crippen molar-refractivity contribution < 1.29 is 0 Å². The molecule has 1 aliphatic heterocycles. The predicted octanol–water partition coefficient (Wildman–Crippen LogP) is 2.36. The summed E-state index contributed by atoms with van der Waals surface area (Å²) in [6.45, 7) is 8.98. The second-order valence-electron chi connectivity index (χ2n) is 5.41. The highest BCUT2D eigenvalue weighted by atomic mass is 32.1. The van der Waals surface area contributed by atoms with Crippen molar-refractivity contribution in [2.24, 2.45) is 5.41 Å². The Labute approximate surface area is 114 Å². The van der Waals surface area contributed by atoms with Gasteiger partial charge in [-0.05, 0) is 44.7 Å². The molecule has 0 aromatic carbocycles. The summed E-state index contributed by atoms with van der Waals surface area (Å²) in [4.78, 5) is 4.50. The average Bonchev–Trinajstić information content (AvgIpc) is 2.82. The first-order chi connectivity index (χ1) is 8.74. The van der Waals surface area contributed by atoms with Crippen LogP contribution >= 0.6 is 11.3 Å². The topological polar surface area (TPSA) is 37.0 Å². The first-order valence-corrected chi connectivity index (χ1v) is 7.94. The summed E-state index contributed by atoms with van der Waals surface area (Å²) in [5.74, 6) is 0. The van der Waals surface area contributed by atoms with Gasteiger partial charge in [0.15, 0.2) is 0 Å². The number of aromatic nitrogens is 1. The van der Waals surface area contributed by atoms with Crippen LogP contribution in [0.3, 0.4) is 0 Å². The third-order valence-electron chi connectivity index (χ3n) is 4.10. The van der Waals surface area contributed by atoms with E-state index in [0.29, 0.717) is 5.41 Å². The van der Waals surface area contributed by atoms with Gasteiger partial charge < -0.3 is 10.6 Å². The SMILES string of the molecule is CCC1(CNCCc2nc(C)cs2)CCNCC1. The van der Waals surface area contributed by atoms with E-state index in [0.717, 1.165) is 25.2 Å². The normalized spacial score (nSPS) is 19.0. The maximum atomic E-state index is 4.50. The Kier molecular flexibility index (Phi) is 5.15. The summed E-state index contributed by atoms with van der Waals surface area (Å²) in [6, 6.07) is 0. The van der Waals surface area contributed by atoms with Crippen molar-refractivity contribution in [3.8, 4) is 0 Å². The minimum absolute atomic E-state index is 0.532. The quantitative estimate of drug-likeness (QED) is 0.777. The molecule has 2 heterocycles. The van der Waals surface area contributed by atoms with Gasteiger partial charge in [-0.1, -0.05) is 6.92 Å². The monoisotopic (exact) mass is 267 g/mol. The zero-order chi connectivity index (χ0) is 12.8. The summed E-state index contributed by atoms with van der Waals surface area (Å²) in [5, 5.41) is 10.5. The molecule has 0 atom stereocenters. The number of thiazole rings is 1. The molecular formula is C14H25N3S. The van der Waals surface area contributed by atoms with E-state index in [4.69, 9.17) is 0 Å². The van der Waals surface area contributed by atoms with Crippen LogP contribution < -0.4 is 10.6 Å². The zero-order valence-electron chi connectivity index (χ0n) is 11.6. The second-order valence-corrected chi connectivity index (χ2v) is 6.36. The molecule has 2 rings (SSSR count). The maximum Gasteiger partial charge on any atom is 0.0940 e. The molecule has 4 heteroatoms. The van der Waals surface area contributed by atoms with Crippen LogP contribution in [-0.4, -0.2) is 31.2 Å². The van der Waals surface area contributed by atoms with E-state index in [2.05, 4.69) is 34.8 Å². The smallest absolute Gasteiger partial charge is 0.0940 e. The fourth-order valence-electron chi connectivity index (χ4n) is 2.68. The number of hydrogen-bond donors (Lipinski definition) is 2. The van der Waals surface area contributed by atoms with E-state index in [1.807, 2.05) is 0 Å². The maximum absolute atomic E-state index is 4.50. The predicted molar refractivity (Wildman–Crippen MR) is 78.3 cm³/mol. The third kappa shape index (κ3) is 3.77. The molecule has 0 bridgehead atoms. The van der Waals surface area contributed by atoms with Crippen molar-refractivity contribution in [2.75, 3.05) is 26.2 Å². The second kappa shape index (κ2) is 6.64. The Morgan fingerprint density at radius 1 is 1.44 bits per heavy atom. The molecule has 0 unspecified atom stereocenters. The summed E-state index contributed by atoms with van der Waals surface area (Å²) in [7, 11) is 0. The standard InChI is InChI=1S/C14H25N3S/c1-3-14(5-8-15-9-6-14)11-16-7-4-13-17-12(2)10-18-13/h10,15-16H,3-9,11H2,1-2H3. The van der Waals surface area contributed by atoms with Crippen molar-refractivity contribution in [3.63, 3.8) is 0 Å². The highest BCUT2D eigenvalue weighted by Gasteiger charge is 2.29. The number of piperidine rings is 1. The molecule has 0 spiro atoms. The largest absolute Gasteiger partial charge is 0.317 e. The van der Waals surface area contributed by atoms with Crippen LogP contribution in [0.4, 0.5) is 0 Å². The lowest BCUT2D eigenvalue weighted by molar-refractivity contribution is 0.186. The Morgan fingerprint density at radius 3 is 2.83 bits per heavy atom. The summed E-state index contributed by atoms with van der Waals surface area (Å²) in [5.41, 5.74) is 1.68. The Balaban J connectivity index is 1.70. The fraction of sp³-hybridized carbons (Fsp3) is 0.786. The molecule has 18 heavy (non-hydrogen) atoms.